The van der Waals surface area contributed by atoms with Crippen molar-refractivity contribution in [2.24, 2.45) is 0 Å². The minimum absolute atomic E-state index is 0.165. The lowest BCUT2D eigenvalue weighted by atomic mass is 9.93. The smallest absolute Gasteiger partial charge is 0.0917 e. The number of hydrogen-bond donors (Lipinski definition) is 2. The lowest BCUT2D eigenvalue weighted by molar-refractivity contribution is 0.0600. The number of aliphatic hydroxyl groups is 2. The first-order valence-corrected chi connectivity index (χ1v) is 7.39. The molecule has 106 valence electrons. The normalized spacial score (nSPS) is 18.7. The molecule has 2 N–H and O–H groups in total. The van der Waals surface area contributed by atoms with Gasteiger partial charge in [0.25, 0.3) is 0 Å². The van der Waals surface area contributed by atoms with Gasteiger partial charge in [-0.1, -0.05) is 49.6 Å². The molecule has 0 amide bonds. The molecule has 3 heteroatoms. The van der Waals surface area contributed by atoms with Crippen molar-refractivity contribution in [1.82, 2.24) is 4.90 Å². The van der Waals surface area contributed by atoms with Crippen molar-refractivity contribution in [2.75, 3.05) is 19.7 Å². The summed E-state index contributed by atoms with van der Waals surface area (Å²) in [7, 11) is 0. The number of hydrogen-bond acceptors (Lipinski definition) is 3. The van der Waals surface area contributed by atoms with Crippen LogP contribution in [0.15, 0.2) is 30.3 Å². The predicted molar refractivity (Wildman–Crippen MR) is 76.9 cm³/mol. The zero-order valence-corrected chi connectivity index (χ0v) is 11.5. The van der Waals surface area contributed by atoms with Crippen molar-refractivity contribution < 1.29 is 10.2 Å². The van der Waals surface area contributed by atoms with Crippen LogP contribution in [0.1, 0.15) is 43.8 Å². The average Bonchev–Trinajstić information content (AvgIpc) is 2.48. The zero-order valence-electron chi connectivity index (χ0n) is 11.5. The summed E-state index contributed by atoms with van der Waals surface area (Å²) in [5.74, 6) is 0. The molecule has 3 nitrogen and oxygen atoms in total. The number of aliphatic hydroxyl groups excluding tert-OH is 2. The van der Waals surface area contributed by atoms with Crippen LogP contribution in [0.4, 0.5) is 0 Å². The van der Waals surface area contributed by atoms with Crippen molar-refractivity contribution in [1.29, 1.82) is 0 Å². The summed E-state index contributed by atoms with van der Waals surface area (Å²) in [5, 5.41) is 19.6. The Morgan fingerprint density at radius 3 is 2.42 bits per heavy atom. The molecule has 1 aromatic carbocycles. The molecule has 1 atom stereocenters. The van der Waals surface area contributed by atoms with Crippen molar-refractivity contribution in [3.63, 3.8) is 0 Å². The molecule has 0 bridgehead atoms. The summed E-state index contributed by atoms with van der Waals surface area (Å²) in [4.78, 5) is 2.26. The van der Waals surface area contributed by atoms with Crippen molar-refractivity contribution in [3.05, 3.63) is 35.9 Å². The first-order valence-electron chi connectivity index (χ1n) is 7.39. The van der Waals surface area contributed by atoms with E-state index in [1.807, 2.05) is 30.3 Å². The monoisotopic (exact) mass is 263 g/mol. The van der Waals surface area contributed by atoms with Crippen LogP contribution in [0.2, 0.25) is 0 Å². The Kier molecular flexibility index (Phi) is 5.83. The van der Waals surface area contributed by atoms with Crippen LogP contribution in [0, 0.1) is 0 Å². The van der Waals surface area contributed by atoms with Gasteiger partial charge in [0.1, 0.15) is 0 Å². The third-order valence-corrected chi connectivity index (χ3v) is 4.07. The highest BCUT2D eigenvalue weighted by atomic mass is 16.3. The molecular weight excluding hydrogens is 238 g/mol. The second-order valence-corrected chi connectivity index (χ2v) is 5.44. The fourth-order valence-electron chi connectivity index (χ4n) is 3.00. The third-order valence-electron chi connectivity index (χ3n) is 4.07. The van der Waals surface area contributed by atoms with E-state index < -0.39 is 6.10 Å². The first kappa shape index (κ1) is 14.5. The second kappa shape index (κ2) is 7.63. The Morgan fingerprint density at radius 1 is 1.11 bits per heavy atom. The highest BCUT2D eigenvalue weighted by molar-refractivity contribution is 5.17. The molecule has 1 aliphatic rings. The van der Waals surface area contributed by atoms with Gasteiger partial charge in [0.2, 0.25) is 0 Å². The lowest BCUT2D eigenvalue weighted by Gasteiger charge is -2.35. The maximum atomic E-state index is 10.3. The van der Waals surface area contributed by atoms with Crippen molar-refractivity contribution >= 4 is 0 Å². The fourth-order valence-corrected chi connectivity index (χ4v) is 3.00. The molecular formula is C16H25NO2. The van der Waals surface area contributed by atoms with Gasteiger partial charge in [-0.2, -0.15) is 0 Å². The topological polar surface area (TPSA) is 43.7 Å². The summed E-state index contributed by atoms with van der Waals surface area (Å²) in [5.41, 5.74) is 0.959. The van der Waals surface area contributed by atoms with Gasteiger partial charge in [-0.25, -0.2) is 0 Å². The maximum Gasteiger partial charge on any atom is 0.0917 e. The van der Waals surface area contributed by atoms with Gasteiger partial charge >= 0.3 is 0 Å². The Morgan fingerprint density at radius 2 is 1.79 bits per heavy atom. The average molecular weight is 263 g/mol. The molecule has 1 unspecified atom stereocenters. The SMILES string of the molecule is OCCN(CC(O)c1ccccc1)C1CCCCC1. The molecule has 0 radical (unpaired) electrons. The minimum Gasteiger partial charge on any atom is -0.395 e. The van der Waals surface area contributed by atoms with Crippen LogP contribution < -0.4 is 0 Å². The third kappa shape index (κ3) is 4.30. The molecule has 0 aliphatic heterocycles. The lowest BCUT2D eigenvalue weighted by Crippen LogP contribution is -2.41. The molecule has 19 heavy (non-hydrogen) atoms. The molecule has 0 spiro atoms. The van der Waals surface area contributed by atoms with Crippen LogP contribution in [0.5, 0.6) is 0 Å². The zero-order chi connectivity index (χ0) is 13.5. The number of rotatable bonds is 6. The summed E-state index contributed by atoms with van der Waals surface area (Å²) < 4.78 is 0. The molecule has 0 heterocycles. The maximum absolute atomic E-state index is 10.3. The van der Waals surface area contributed by atoms with E-state index >= 15 is 0 Å². The fraction of sp³-hybridized carbons (Fsp3) is 0.625. The van der Waals surface area contributed by atoms with Crippen LogP contribution in [-0.2, 0) is 0 Å². The molecule has 1 aliphatic carbocycles. The molecule has 1 aromatic rings. The number of nitrogens with zero attached hydrogens (tertiary/aromatic N) is 1. The highest BCUT2D eigenvalue weighted by Crippen LogP contribution is 2.24. The standard InChI is InChI=1S/C16H25NO2/c18-12-11-17(15-9-5-2-6-10-15)13-16(19)14-7-3-1-4-8-14/h1,3-4,7-8,15-16,18-19H,2,5-6,9-13H2. The first-order chi connectivity index (χ1) is 9.31. The van der Waals surface area contributed by atoms with Gasteiger partial charge in [-0.3, -0.25) is 4.90 Å². The molecule has 0 aromatic heterocycles. The van der Waals surface area contributed by atoms with Crippen molar-refractivity contribution in [2.45, 2.75) is 44.2 Å². The second-order valence-electron chi connectivity index (χ2n) is 5.44. The van der Waals surface area contributed by atoms with Gasteiger partial charge < -0.3 is 10.2 Å². The van der Waals surface area contributed by atoms with E-state index in [1.165, 1.54) is 32.1 Å². The van der Waals surface area contributed by atoms with Gasteiger partial charge in [-0.05, 0) is 18.4 Å². The van der Waals surface area contributed by atoms with Crippen molar-refractivity contribution in [3.8, 4) is 0 Å². The summed E-state index contributed by atoms with van der Waals surface area (Å²) in [6.07, 6.45) is 5.80. The molecule has 1 fully saturated rings. The summed E-state index contributed by atoms with van der Waals surface area (Å²) in [6.45, 7) is 1.45. The molecule has 1 saturated carbocycles. The Hall–Kier alpha value is -0.900. The van der Waals surface area contributed by atoms with Crippen LogP contribution in [-0.4, -0.2) is 40.9 Å². The molecule has 2 rings (SSSR count). The van der Waals surface area contributed by atoms with E-state index in [9.17, 15) is 10.2 Å². The summed E-state index contributed by atoms with van der Waals surface area (Å²) >= 11 is 0. The molecule has 0 saturated heterocycles. The van der Waals surface area contributed by atoms with Gasteiger partial charge in [0.15, 0.2) is 0 Å². The Bertz CT molecular complexity index is 349. The van der Waals surface area contributed by atoms with E-state index in [0.29, 0.717) is 19.1 Å². The van der Waals surface area contributed by atoms with Gasteiger partial charge in [-0.15, -0.1) is 0 Å². The van der Waals surface area contributed by atoms with Gasteiger partial charge in [0.05, 0.1) is 12.7 Å². The van der Waals surface area contributed by atoms with Gasteiger partial charge in [0, 0.05) is 19.1 Å². The highest BCUT2D eigenvalue weighted by Gasteiger charge is 2.23. The minimum atomic E-state index is -0.463. The predicted octanol–water partition coefficient (Wildman–Crippen LogP) is 2.35. The van der Waals surface area contributed by atoms with Crippen LogP contribution >= 0.6 is 0 Å². The number of benzene rings is 1. The van der Waals surface area contributed by atoms with E-state index in [0.717, 1.165) is 5.56 Å². The largest absolute Gasteiger partial charge is 0.395 e. The Balaban J connectivity index is 1.95. The van der Waals surface area contributed by atoms with Crippen LogP contribution in [0.3, 0.4) is 0 Å². The van der Waals surface area contributed by atoms with Crippen LogP contribution in [0.25, 0.3) is 0 Å². The quantitative estimate of drug-likeness (QED) is 0.828. The Labute approximate surface area is 115 Å². The van der Waals surface area contributed by atoms with E-state index in [2.05, 4.69) is 4.90 Å². The van der Waals surface area contributed by atoms with E-state index in [4.69, 9.17) is 0 Å². The summed E-state index contributed by atoms with van der Waals surface area (Å²) in [6, 6.07) is 10.3. The van der Waals surface area contributed by atoms with E-state index in [1.54, 1.807) is 0 Å². The van der Waals surface area contributed by atoms with E-state index in [-0.39, 0.29) is 6.61 Å².